The monoisotopic (exact) mass is 577 g/mol. The van der Waals surface area contributed by atoms with Crippen LogP contribution < -0.4 is 4.90 Å². The summed E-state index contributed by atoms with van der Waals surface area (Å²) in [6.07, 6.45) is 1.96. The van der Waals surface area contributed by atoms with E-state index in [4.69, 9.17) is 9.40 Å². The van der Waals surface area contributed by atoms with E-state index in [1.807, 2.05) is 24.4 Å². The molecule has 0 fully saturated rings. The van der Waals surface area contributed by atoms with E-state index < -0.39 is 0 Å². The first kappa shape index (κ1) is 25.4. The van der Waals surface area contributed by atoms with Crippen LogP contribution in [-0.4, -0.2) is 9.55 Å². The Morgan fingerprint density at radius 2 is 1.13 bits per heavy atom. The molecule has 9 rings (SSSR count). The molecule has 0 radical (unpaired) electrons. The Bertz CT molecular complexity index is 2480. The summed E-state index contributed by atoms with van der Waals surface area (Å²) in [4.78, 5) is 7.23. The fourth-order valence-electron chi connectivity index (χ4n) is 6.54. The lowest BCUT2D eigenvalue weighted by atomic mass is 10.1. The zero-order valence-corrected chi connectivity index (χ0v) is 24.3. The lowest BCUT2D eigenvalue weighted by molar-refractivity contribution is 0.669. The summed E-state index contributed by atoms with van der Waals surface area (Å²) in [5.74, 6) is 0.830. The molecule has 9 aromatic rings. The maximum atomic E-state index is 6.32. The van der Waals surface area contributed by atoms with Crippen LogP contribution in [0.2, 0.25) is 0 Å². The summed E-state index contributed by atoms with van der Waals surface area (Å²) < 4.78 is 8.66. The third kappa shape index (κ3) is 4.19. The first-order chi connectivity index (χ1) is 22.3. The molecule has 45 heavy (non-hydrogen) atoms. The van der Waals surface area contributed by atoms with Crippen LogP contribution in [-0.2, 0) is 0 Å². The number of hydrogen-bond acceptors (Lipinski definition) is 3. The maximum absolute atomic E-state index is 6.32. The lowest BCUT2D eigenvalue weighted by Gasteiger charge is -2.24. The molecule has 0 spiro atoms. The molecule has 0 aliphatic carbocycles. The highest BCUT2D eigenvalue weighted by Gasteiger charge is 2.19. The molecule has 0 aliphatic rings. The molecule has 0 amide bonds. The van der Waals surface area contributed by atoms with Crippen molar-refractivity contribution >= 4 is 60.9 Å². The SMILES string of the molecule is c1ccc(-c2ccc(N(c3ccc4c(c3)oc3ccccc34)c3ccc4c(c3)c3ccccc3n4-c3ccccc3)nc2)cc1. The van der Waals surface area contributed by atoms with Gasteiger partial charge in [-0.1, -0.05) is 84.9 Å². The molecular weight excluding hydrogens is 550 g/mol. The second-order valence-electron chi connectivity index (χ2n) is 11.3. The normalized spacial score (nSPS) is 11.6. The summed E-state index contributed by atoms with van der Waals surface area (Å²) in [6, 6.07) is 55.1. The fraction of sp³-hybridized carbons (Fsp3) is 0. The number of pyridine rings is 1. The van der Waals surface area contributed by atoms with Crippen molar-refractivity contribution < 1.29 is 4.42 Å². The van der Waals surface area contributed by atoms with Gasteiger partial charge in [-0.05, 0) is 72.3 Å². The van der Waals surface area contributed by atoms with Crippen molar-refractivity contribution in [2.45, 2.75) is 0 Å². The fourth-order valence-corrected chi connectivity index (χ4v) is 6.54. The Morgan fingerprint density at radius 3 is 1.96 bits per heavy atom. The third-order valence-corrected chi connectivity index (χ3v) is 8.63. The van der Waals surface area contributed by atoms with Crippen LogP contribution in [0, 0.1) is 0 Å². The number of furan rings is 1. The molecule has 0 aliphatic heterocycles. The van der Waals surface area contributed by atoms with Gasteiger partial charge in [-0.25, -0.2) is 4.98 Å². The number of anilines is 3. The number of aromatic nitrogens is 2. The maximum Gasteiger partial charge on any atom is 0.137 e. The number of hydrogen-bond donors (Lipinski definition) is 0. The van der Waals surface area contributed by atoms with Crippen LogP contribution in [0.15, 0.2) is 168 Å². The van der Waals surface area contributed by atoms with Gasteiger partial charge in [-0.2, -0.15) is 0 Å². The van der Waals surface area contributed by atoms with E-state index in [2.05, 4.69) is 149 Å². The Hall–Kier alpha value is -6.13. The molecule has 3 heterocycles. The van der Waals surface area contributed by atoms with Gasteiger partial charge in [0.2, 0.25) is 0 Å². The van der Waals surface area contributed by atoms with E-state index in [1.165, 1.54) is 16.3 Å². The van der Waals surface area contributed by atoms with E-state index in [0.717, 1.165) is 61.5 Å². The molecule has 4 nitrogen and oxygen atoms in total. The van der Waals surface area contributed by atoms with Gasteiger partial charge in [0.15, 0.2) is 0 Å². The third-order valence-electron chi connectivity index (χ3n) is 8.63. The number of benzene rings is 6. The molecular formula is C41H27N3O. The van der Waals surface area contributed by atoms with Gasteiger partial charge >= 0.3 is 0 Å². The Balaban J connectivity index is 1.25. The zero-order chi connectivity index (χ0) is 29.7. The summed E-state index contributed by atoms with van der Waals surface area (Å²) in [6.45, 7) is 0. The quantitative estimate of drug-likeness (QED) is 0.204. The average Bonchev–Trinajstić information content (AvgIpc) is 3.65. The Labute approximate surface area is 260 Å². The number of para-hydroxylation sites is 3. The van der Waals surface area contributed by atoms with Crippen molar-refractivity contribution in [2.75, 3.05) is 4.90 Å². The summed E-state index contributed by atoms with van der Waals surface area (Å²) in [5.41, 5.74) is 9.43. The van der Waals surface area contributed by atoms with Gasteiger partial charge in [-0.3, -0.25) is 4.90 Å². The van der Waals surface area contributed by atoms with Gasteiger partial charge in [-0.15, -0.1) is 0 Å². The highest BCUT2D eigenvalue weighted by molar-refractivity contribution is 6.11. The van der Waals surface area contributed by atoms with Crippen LogP contribution in [0.4, 0.5) is 17.2 Å². The summed E-state index contributed by atoms with van der Waals surface area (Å²) >= 11 is 0. The van der Waals surface area contributed by atoms with Gasteiger partial charge in [0, 0.05) is 50.7 Å². The first-order valence-electron chi connectivity index (χ1n) is 15.1. The first-order valence-corrected chi connectivity index (χ1v) is 15.1. The molecule has 0 atom stereocenters. The van der Waals surface area contributed by atoms with E-state index in [0.29, 0.717) is 0 Å². The van der Waals surface area contributed by atoms with Crippen molar-refractivity contribution in [3.05, 3.63) is 164 Å². The molecule has 0 saturated heterocycles. The molecule has 0 unspecified atom stereocenters. The van der Waals surface area contributed by atoms with E-state index in [9.17, 15) is 0 Å². The second-order valence-corrected chi connectivity index (χ2v) is 11.3. The minimum atomic E-state index is 0.830. The topological polar surface area (TPSA) is 34.2 Å². The zero-order valence-electron chi connectivity index (χ0n) is 24.3. The van der Waals surface area contributed by atoms with Crippen LogP contribution >= 0.6 is 0 Å². The Kier molecular flexibility index (Phi) is 5.78. The van der Waals surface area contributed by atoms with Crippen LogP contribution in [0.25, 0.3) is 60.6 Å². The van der Waals surface area contributed by atoms with E-state index in [1.54, 1.807) is 0 Å². The van der Waals surface area contributed by atoms with E-state index in [-0.39, 0.29) is 0 Å². The van der Waals surface area contributed by atoms with Crippen LogP contribution in [0.1, 0.15) is 0 Å². The lowest BCUT2D eigenvalue weighted by Crippen LogP contribution is -2.11. The highest BCUT2D eigenvalue weighted by Crippen LogP contribution is 2.41. The molecule has 0 N–H and O–H groups in total. The van der Waals surface area contributed by atoms with Gasteiger partial charge in [0.05, 0.1) is 16.7 Å². The minimum absolute atomic E-state index is 0.830. The van der Waals surface area contributed by atoms with Crippen molar-refractivity contribution in [2.24, 2.45) is 0 Å². The Morgan fingerprint density at radius 1 is 0.467 bits per heavy atom. The van der Waals surface area contributed by atoms with E-state index >= 15 is 0 Å². The van der Waals surface area contributed by atoms with Gasteiger partial charge < -0.3 is 8.98 Å². The van der Waals surface area contributed by atoms with Crippen molar-refractivity contribution in [1.29, 1.82) is 0 Å². The van der Waals surface area contributed by atoms with Crippen molar-refractivity contribution in [1.82, 2.24) is 9.55 Å². The number of nitrogens with zero attached hydrogens (tertiary/aromatic N) is 3. The molecule has 4 heteroatoms. The minimum Gasteiger partial charge on any atom is -0.456 e. The highest BCUT2D eigenvalue weighted by atomic mass is 16.3. The largest absolute Gasteiger partial charge is 0.456 e. The molecule has 212 valence electrons. The predicted molar refractivity (Wildman–Crippen MR) is 186 cm³/mol. The summed E-state index contributed by atoms with van der Waals surface area (Å²) in [5, 5.41) is 4.61. The summed E-state index contributed by atoms with van der Waals surface area (Å²) in [7, 11) is 0. The molecule has 0 saturated carbocycles. The van der Waals surface area contributed by atoms with Gasteiger partial charge in [0.25, 0.3) is 0 Å². The number of fused-ring (bicyclic) bond motifs is 6. The molecule has 0 bridgehead atoms. The molecule has 3 aromatic heterocycles. The van der Waals surface area contributed by atoms with Crippen LogP contribution in [0.3, 0.4) is 0 Å². The van der Waals surface area contributed by atoms with Crippen molar-refractivity contribution in [3.63, 3.8) is 0 Å². The number of rotatable bonds is 5. The van der Waals surface area contributed by atoms with Crippen molar-refractivity contribution in [3.8, 4) is 16.8 Å². The average molecular weight is 578 g/mol. The predicted octanol–water partition coefficient (Wildman–Crippen LogP) is 11.2. The standard InChI is InChI=1S/C41H27N3O/c1-3-11-28(12-4-1)29-19-24-41(42-27-29)43(32-20-22-35-34-16-8-10-18-39(34)45-40(35)26-32)31-21-23-38-36(25-31)33-15-7-9-17-37(33)44(38)30-13-5-2-6-14-30/h1-27H. The van der Waals surface area contributed by atoms with Gasteiger partial charge in [0.1, 0.15) is 17.0 Å². The molecule has 6 aromatic carbocycles. The second kappa shape index (κ2) is 10.2. The van der Waals surface area contributed by atoms with Crippen LogP contribution in [0.5, 0.6) is 0 Å². The smallest absolute Gasteiger partial charge is 0.137 e.